The summed E-state index contributed by atoms with van der Waals surface area (Å²) < 4.78 is 5.54. The minimum atomic E-state index is -0.579. The lowest BCUT2D eigenvalue weighted by atomic mass is 9.97. The number of carbonyl (C=O) groups excluding carboxylic acids is 1. The molecule has 0 aromatic carbocycles. The van der Waals surface area contributed by atoms with Gasteiger partial charge in [0.15, 0.2) is 0 Å². The van der Waals surface area contributed by atoms with Gasteiger partial charge in [-0.15, -0.1) is 12.4 Å². The van der Waals surface area contributed by atoms with Crippen LogP contribution in [0.3, 0.4) is 0 Å². The van der Waals surface area contributed by atoms with Crippen molar-refractivity contribution < 1.29 is 9.53 Å². The third-order valence-electron chi connectivity index (χ3n) is 3.66. The highest BCUT2D eigenvalue weighted by atomic mass is 35.5. The van der Waals surface area contributed by atoms with E-state index in [4.69, 9.17) is 10.5 Å². The lowest BCUT2D eigenvalue weighted by Crippen LogP contribution is -2.54. The van der Waals surface area contributed by atoms with Crippen LogP contribution >= 0.6 is 12.4 Å². The van der Waals surface area contributed by atoms with Crippen LogP contribution in [0, 0.1) is 0 Å². The highest BCUT2D eigenvalue weighted by Gasteiger charge is 2.40. The van der Waals surface area contributed by atoms with Crippen molar-refractivity contribution >= 4 is 18.3 Å². The first kappa shape index (κ1) is 14.7. The van der Waals surface area contributed by atoms with E-state index in [-0.39, 0.29) is 24.4 Å². The van der Waals surface area contributed by atoms with E-state index in [2.05, 4.69) is 0 Å². The van der Waals surface area contributed by atoms with Gasteiger partial charge in [-0.05, 0) is 26.2 Å². The van der Waals surface area contributed by atoms with Gasteiger partial charge in [-0.3, -0.25) is 4.79 Å². The summed E-state index contributed by atoms with van der Waals surface area (Å²) in [5, 5.41) is 0. The molecule has 1 saturated carbocycles. The molecule has 1 aliphatic heterocycles. The van der Waals surface area contributed by atoms with Gasteiger partial charge in [0.25, 0.3) is 0 Å². The Morgan fingerprint density at radius 3 is 2.65 bits per heavy atom. The molecule has 0 bridgehead atoms. The Balaban J connectivity index is 0.00000144. The lowest BCUT2D eigenvalue weighted by Gasteiger charge is -2.31. The second kappa shape index (κ2) is 6.03. The third-order valence-corrected chi connectivity index (χ3v) is 3.66. The first-order valence-corrected chi connectivity index (χ1v) is 6.32. The molecule has 4 nitrogen and oxygen atoms in total. The molecule has 2 N–H and O–H groups in total. The summed E-state index contributed by atoms with van der Waals surface area (Å²) in [7, 11) is 0. The smallest absolute Gasteiger partial charge is 0.242 e. The molecule has 17 heavy (non-hydrogen) atoms. The molecule has 100 valence electrons. The van der Waals surface area contributed by atoms with Crippen LogP contribution in [0.25, 0.3) is 0 Å². The topological polar surface area (TPSA) is 55.6 Å². The van der Waals surface area contributed by atoms with Crippen LogP contribution in [-0.4, -0.2) is 42.1 Å². The molecule has 1 atom stereocenters. The molecule has 2 fully saturated rings. The number of amides is 1. The van der Waals surface area contributed by atoms with E-state index in [1.165, 1.54) is 0 Å². The zero-order valence-electron chi connectivity index (χ0n) is 10.5. The average Bonchev–Trinajstić information content (AvgIpc) is 2.58. The van der Waals surface area contributed by atoms with Crippen LogP contribution in [0.15, 0.2) is 0 Å². The molecule has 0 radical (unpaired) electrons. The van der Waals surface area contributed by atoms with Gasteiger partial charge >= 0.3 is 0 Å². The molecule has 5 heteroatoms. The van der Waals surface area contributed by atoms with Crippen molar-refractivity contribution in [3.63, 3.8) is 0 Å². The lowest BCUT2D eigenvalue weighted by molar-refractivity contribution is -0.137. The predicted molar refractivity (Wildman–Crippen MR) is 69.2 cm³/mol. The van der Waals surface area contributed by atoms with E-state index in [0.717, 1.165) is 45.3 Å². The summed E-state index contributed by atoms with van der Waals surface area (Å²) in [5.41, 5.74) is 5.62. The number of halogens is 1. The highest BCUT2D eigenvalue weighted by molar-refractivity contribution is 5.86. The van der Waals surface area contributed by atoms with Crippen LogP contribution in [0.1, 0.15) is 39.0 Å². The molecule has 0 aromatic heterocycles. The molecule has 0 aromatic rings. The van der Waals surface area contributed by atoms with Gasteiger partial charge in [0.1, 0.15) is 0 Å². The second-order valence-corrected chi connectivity index (χ2v) is 5.15. The van der Waals surface area contributed by atoms with Gasteiger partial charge in [0.2, 0.25) is 5.91 Å². The van der Waals surface area contributed by atoms with Crippen molar-refractivity contribution in [3.05, 3.63) is 0 Å². The molecule has 1 unspecified atom stereocenters. The van der Waals surface area contributed by atoms with Crippen molar-refractivity contribution in [2.45, 2.75) is 50.7 Å². The van der Waals surface area contributed by atoms with E-state index < -0.39 is 5.54 Å². The van der Waals surface area contributed by atoms with Crippen LogP contribution in [-0.2, 0) is 9.53 Å². The van der Waals surface area contributed by atoms with Crippen molar-refractivity contribution in [3.8, 4) is 0 Å². The number of ether oxygens (including phenoxy) is 1. The summed E-state index contributed by atoms with van der Waals surface area (Å²) in [6.45, 7) is 4.26. The number of nitrogens with zero attached hydrogens (tertiary/aromatic N) is 1. The maximum atomic E-state index is 12.4. The predicted octanol–water partition coefficient (Wildman–Crippen LogP) is 1.32. The molecule has 0 spiro atoms. The molecule has 1 aliphatic carbocycles. The van der Waals surface area contributed by atoms with Gasteiger partial charge in [-0.2, -0.15) is 0 Å². The second-order valence-electron chi connectivity index (χ2n) is 5.15. The van der Waals surface area contributed by atoms with E-state index in [0.29, 0.717) is 6.54 Å². The molecule has 1 heterocycles. The van der Waals surface area contributed by atoms with Gasteiger partial charge in [0, 0.05) is 19.7 Å². The Bertz CT molecular complexity index is 267. The third kappa shape index (κ3) is 3.33. The number of carbonyl (C=O) groups is 1. The van der Waals surface area contributed by atoms with Gasteiger partial charge in [-0.25, -0.2) is 0 Å². The summed E-state index contributed by atoms with van der Waals surface area (Å²) in [6, 6.07) is 0. The summed E-state index contributed by atoms with van der Waals surface area (Å²) in [4.78, 5) is 14.3. The number of rotatable bonds is 1. The van der Waals surface area contributed by atoms with E-state index in [1.807, 2.05) is 11.8 Å². The number of hydrogen-bond donors (Lipinski definition) is 1. The Kier molecular flexibility index (Phi) is 5.22. The first-order valence-electron chi connectivity index (χ1n) is 6.32. The van der Waals surface area contributed by atoms with Crippen molar-refractivity contribution in [1.29, 1.82) is 0 Å². The fraction of sp³-hybridized carbons (Fsp3) is 0.917. The first-order chi connectivity index (χ1) is 7.62. The molecular formula is C12H23ClN2O2. The Labute approximate surface area is 109 Å². The quantitative estimate of drug-likeness (QED) is 0.775. The van der Waals surface area contributed by atoms with Gasteiger partial charge < -0.3 is 15.4 Å². The van der Waals surface area contributed by atoms with Crippen LogP contribution in [0.4, 0.5) is 0 Å². The molecule has 1 amide bonds. The standard InChI is InChI=1S/C12H22N2O2.ClH/c1-10-9-14(7-4-8-16-10)11(15)12(13)5-2-3-6-12;/h10H,2-9,13H2,1H3;1H. The number of hydrogen-bond acceptors (Lipinski definition) is 3. The van der Waals surface area contributed by atoms with Gasteiger partial charge in [-0.1, -0.05) is 12.8 Å². The minimum absolute atomic E-state index is 0. The Morgan fingerprint density at radius 1 is 1.35 bits per heavy atom. The normalized spacial score (nSPS) is 28.4. The van der Waals surface area contributed by atoms with Crippen molar-refractivity contribution in [2.24, 2.45) is 5.73 Å². The summed E-state index contributed by atoms with van der Waals surface area (Å²) in [6.07, 6.45) is 4.92. The van der Waals surface area contributed by atoms with Crippen LogP contribution < -0.4 is 5.73 Å². The fourth-order valence-corrected chi connectivity index (χ4v) is 2.71. The van der Waals surface area contributed by atoms with Gasteiger partial charge in [0.05, 0.1) is 11.6 Å². The van der Waals surface area contributed by atoms with Crippen molar-refractivity contribution in [2.75, 3.05) is 19.7 Å². The monoisotopic (exact) mass is 262 g/mol. The van der Waals surface area contributed by atoms with E-state index in [9.17, 15) is 4.79 Å². The molecule has 2 rings (SSSR count). The van der Waals surface area contributed by atoms with Crippen molar-refractivity contribution in [1.82, 2.24) is 4.90 Å². The number of nitrogens with two attached hydrogens (primary N) is 1. The maximum absolute atomic E-state index is 12.4. The fourth-order valence-electron chi connectivity index (χ4n) is 2.71. The summed E-state index contributed by atoms with van der Waals surface area (Å²) >= 11 is 0. The average molecular weight is 263 g/mol. The van der Waals surface area contributed by atoms with E-state index >= 15 is 0 Å². The minimum Gasteiger partial charge on any atom is -0.377 e. The SMILES string of the molecule is CC1CN(C(=O)C2(N)CCCC2)CCCO1.Cl. The molecule has 1 saturated heterocycles. The van der Waals surface area contributed by atoms with Crippen LogP contribution in [0.5, 0.6) is 0 Å². The molecular weight excluding hydrogens is 240 g/mol. The van der Waals surface area contributed by atoms with E-state index in [1.54, 1.807) is 0 Å². The zero-order chi connectivity index (χ0) is 11.6. The van der Waals surface area contributed by atoms with Crippen LogP contribution in [0.2, 0.25) is 0 Å². The summed E-state index contributed by atoms with van der Waals surface area (Å²) in [5.74, 6) is 0.141. The maximum Gasteiger partial charge on any atom is 0.242 e. The Hall–Kier alpha value is -0.320. The molecule has 2 aliphatic rings. The highest BCUT2D eigenvalue weighted by Crippen LogP contribution is 2.29. The largest absolute Gasteiger partial charge is 0.377 e. The zero-order valence-corrected chi connectivity index (χ0v) is 11.3. The Morgan fingerprint density at radius 2 is 2.00 bits per heavy atom.